The highest BCUT2D eigenvalue weighted by Gasteiger charge is 2.11. The number of hydrogen-bond donors (Lipinski definition) is 1. The molecule has 1 unspecified atom stereocenters. The van der Waals surface area contributed by atoms with Crippen LogP contribution in [0.15, 0.2) is 11.4 Å². The van der Waals surface area contributed by atoms with Crippen molar-refractivity contribution in [3.63, 3.8) is 0 Å². The van der Waals surface area contributed by atoms with Crippen LogP contribution < -0.4 is 0 Å². The van der Waals surface area contributed by atoms with Crippen molar-refractivity contribution >= 4 is 16.3 Å². The fourth-order valence-electron chi connectivity index (χ4n) is 1.34. The lowest BCUT2D eigenvalue weighted by atomic mass is 10.2. The summed E-state index contributed by atoms with van der Waals surface area (Å²) in [6.07, 6.45) is 0.405. The maximum absolute atomic E-state index is 10.5. The molecule has 0 aliphatic heterocycles. The molecule has 1 aromatic rings. The van der Waals surface area contributed by atoms with Crippen LogP contribution in [0.2, 0.25) is 0 Å². The van der Waals surface area contributed by atoms with Crippen molar-refractivity contribution in [1.82, 2.24) is 4.90 Å². The van der Waals surface area contributed by atoms with E-state index in [1.54, 1.807) is 18.4 Å². The fourth-order valence-corrected chi connectivity index (χ4v) is 2.06. The zero-order valence-electron chi connectivity index (χ0n) is 9.42. The van der Waals surface area contributed by atoms with Gasteiger partial charge in [0.25, 0.3) is 0 Å². The predicted molar refractivity (Wildman–Crippen MR) is 63.6 cm³/mol. The van der Waals surface area contributed by atoms with Gasteiger partial charge in [0.1, 0.15) is 0 Å². The molecule has 0 aromatic carbocycles. The normalized spacial score (nSPS) is 13.0. The molecule has 6 heteroatoms. The minimum atomic E-state index is -0.371. The van der Waals surface area contributed by atoms with Gasteiger partial charge in [0.15, 0.2) is 0 Å². The Morgan fingerprint density at radius 1 is 1.69 bits per heavy atom. The van der Waals surface area contributed by atoms with Crippen LogP contribution in [0, 0.1) is 10.1 Å². The molecular weight excluding hydrogens is 228 g/mol. The van der Waals surface area contributed by atoms with Crippen LogP contribution in [0.1, 0.15) is 18.9 Å². The number of thiophene rings is 1. The lowest BCUT2D eigenvalue weighted by Gasteiger charge is -2.16. The van der Waals surface area contributed by atoms with E-state index in [1.807, 2.05) is 11.9 Å². The van der Waals surface area contributed by atoms with Gasteiger partial charge >= 0.3 is 5.00 Å². The van der Waals surface area contributed by atoms with E-state index in [1.165, 1.54) is 0 Å². The highest BCUT2D eigenvalue weighted by atomic mass is 32.1. The van der Waals surface area contributed by atoms with Crippen molar-refractivity contribution in [2.24, 2.45) is 0 Å². The van der Waals surface area contributed by atoms with Gasteiger partial charge in [-0.15, -0.1) is 0 Å². The SMILES string of the molecule is CC(O)CCN(C)Cc1csc([N+](=O)[O-])c1. The molecule has 90 valence electrons. The first kappa shape index (κ1) is 13.1. The van der Waals surface area contributed by atoms with Crippen molar-refractivity contribution < 1.29 is 10.0 Å². The molecule has 1 N–H and O–H groups in total. The summed E-state index contributed by atoms with van der Waals surface area (Å²) in [5, 5.41) is 21.6. The average molecular weight is 244 g/mol. The molecule has 0 saturated heterocycles. The summed E-state index contributed by atoms with van der Waals surface area (Å²) < 4.78 is 0. The first-order valence-corrected chi connectivity index (χ1v) is 5.95. The minimum Gasteiger partial charge on any atom is -0.393 e. The molecular formula is C10H16N2O3S. The van der Waals surface area contributed by atoms with E-state index in [2.05, 4.69) is 0 Å². The molecule has 1 aromatic heterocycles. The molecule has 1 rings (SSSR count). The lowest BCUT2D eigenvalue weighted by molar-refractivity contribution is -0.380. The summed E-state index contributed by atoms with van der Waals surface area (Å²) in [7, 11) is 1.94. The zero-order chi connectivity index (χ0) is 12.1. The van der Waals surface area contributed by atoms with Crippen molar-refractivity contribution in [3.05, 3.63) is 27.1 Å². The zero-order valence-corrected chi connectivity index (χ0v) is 10.2. The van der Waals surface area contributed by atoms with Crippen molar-refractivity contribution in [2.75, 3.05) is 13.6 Å². The number of nitrogens with zero attached hydrogens (tertiary/aromatic N) is 2. The molecule has 0 aliphatic carbocycles. The van der Waals surface area contributed by atoms with E-state index in [0.717, 1.165) is 23.4 Å². The van der Waals surface area contributed by atoms with Crippen molar-refractivity contribution in [1.29, 1.82) is 0 Å². The lowest BCUT2D eigenvalue weighted by Crippen LogP contribution is -2.21. The number of aliphatic hydroxyl groups excluding tert-OH is 1. The largest absolute Gasteiger partial charge is 0.393 e. The summed E-state index contributed by atoms with van der Waals surface area (Å²) >= 11 is 1.15. The number of rotatable bonds is 6. The first-order chi connectivity index (χ1) is 7.49. The molecule has 0 aliphatic rings. The van der Waals surface area contributed by atoms with Gasteiger partial charge < -0.3 is 10.0 Å². The Hall–Kier alpha value is -0.980. The smallest absolute Gasteiger partial charge is 0.324 e. The Labute approximate surface area is 98.5 Å². The molecule has 0 fully saturated rings. The van der Waals surface area contributed by atoms with Crippen molar-refractivity contribution in [2.45, 2.75) is 26.0 Å². The second-order valence-corrected chi connectivity index (χ2v) is 4.82. The van der Waals surface area contributed by atoms with Gasteiger partial charge in [0.05, 0.1) is 11.0 Å². The minimum absolute atomic E-state index is 0.180. The maximum Gasteiger partial charge on any atom is 0.324 e. The summed E-state index contributed by atoms with van der Waals surface area (Å²) in [6.45, 7) is 3.21. The topological polar surface area (TPSA) is 66.6 Å². The van der Waals surface area contributed by atoms with E-state index in [4.69, 9.17) is 5.11 Å². The second kappa shape index (κ2) is 5.93. The van der Waals surface area contributed by atoms with Gasteiger partial charge in [-0.2, -0.15) is 0 Å². The summed E-state index contributed by atoms with van der Waals surface area (Å²) in [5.74, 6) is 0. The Morgan fingerprint density at radius 3 is 2.88 bits per heavy atom. The highest BCUT2D eigenvalue weighted by Crippen LogP contribution is 2.23. The highest BCUT2D eigenvalue weighted by molar-refractivity contribution is 7.13. The van der Waals surface area contributed by atoms with E-state index in [-0.39, 0.29) is 16.0 Å². The average Bonchev–Trinajstić information content (AvgIpc) is 2.63. The van der Waals surface area contributed by atoms with Crippen LogP contribution in [0.3, 0.4) is 0 Å². The van der Waals surface area contributed by atoms with Crippen LogP contribution in [0.25, 0.3) is 0 Å². The third-order valence-electron chi connectivity index (χ3n) is 2.20. The Balaban J connectivity index is 2.43. The Morgan fingerprint density at radius 2 is 2.38 bits per heavy atom. The fraction of sp³-hybridized carbons (Fsp3) is 0.600. The molecule has 0 radical (unpaired) electrons. The van der Waals surface area contributed by atoms with Gasteiger partial charge in [-0.25, -0.2) is 0 Å². The molecule has 16 heavy (non-hydrogen) atoms. The molecule has 1 heterocycles. The monoisotopic (exact) mass is 244 g/mol. The number of hydrogen-bond acceptors (Lipinski definition) is 5. The van der Waals surface area contributed by atoms with E-state index in [0.29, 0.717) is 13.0 Å². The Kier molecular flexibility index (Phi) is 4.85. The quantitative estimate of drug-likeness (QED) is 0.612. The Bertz CT molecular complexity index is 352. The molecule has 0 bridgehead atoms. The van der Waals surface area contributed by atoms with Crippen LogP contribution in [-0.4, -0.2) is 34.6 Å². The van der Waals surface area contributed by atoms with E-state index >= 15 is 0 Å². The summed E-state index contributed by atoms with van der Waals surface area (Å²) in [5.41, 5.74) is 0.949. The van der Waals surface area contributed by atoms with Gasteiger partial charge in [0.2, 0.25) is 0 Å². The van der Waals surface area contributed by atoms with Crippen LogP contribution in [-0.2, 0) is 6.54 Å². The van der Waals surface area contributed by atoms with Crippen LogP contribution in [0.5, 0.6) is 0 Å². The molecule has 0 spiro atoms. The number of aliphatic hydroxyl groups is 1. The molecule has 5 nitrogen and oxygen atoms in total. The predicted octanol–water partition coefficient (Wildman–Crippen LogP) is 1.86. The van der Waals surface area contributed by atoms with Gasteiger partial charge in [-0.3, -0.25) is 10.1 Å². The van der Waals surface area contributed by atoms with Gasteiger partial charge in [-0.1, -0.05) is 11.3 Å². The van der Waals surface area contributed by atoms with Crippen LogP contribution in [0.4, 0.5) is 5.00 Å². The van der Waals surface area contributed by atoms with Gasteiger partial charge in [0, 0.05) is 24.5 Å². The first-order valence-electron chi connectivity index (χ1n) is 5.07. The summed E-state index contributed by atoms with van der Waals surface area (Å²) in [6, 6.07) is 1.60. The molecule has 1 atom stereocenters. The van der Waals surface area contributed by atoms with Crippen LogP contribution >= 0.6 is 11.3 Å². The molecule has 0 amide bonds. The standard InChI is InChI=1S/C10H16N2O3S/c1-8(13)3-4-11(2)6-9-5-10(12(14)15)16-7-9/h5,7-8,13H,3-4,6H2,1-2H3. The molecule has 0 saturated carbocycles. The second-order valence-electron chi connectivity index (χ2n) is 3.93. The summed E-state index contributed by atoms with van der Waals surface area (Å²) in [4.78, 5) is 12.2. The van der Waals surface area contributed by atoms with Gasteiger partial charge in [-0.05, 0) is 26.0 Å². The third kappa shape index (κ3) is 4.26. The third-order valence-corrected chi connectivity index (χ3v) is 3.13. The van der Waals surface area contributed by atoms with Crippen molar-refractivity contribution in [3.8, 4) is 0 Å². The van der Waals surface area contributed by atoms with E-state index in [9.17, 15) is 10.1 Å². The number of nitro groups is 1. The maximum atomic E-state index is 10.5. The van der Waals surface area contributed by atoms with E-state index < -0.39 is 0 Å².